The molecule has 7 heavy (non-hydrogen) atoms. The van der Waals surface area contributed by atoms with Gasteiger partial charge in [-0.2, -0.15) is 0 Å². The maximum Gasteiger partial charge on any atom is 0.0162 e. The van der Waals surface area contributed by atoms with Gasteiger partial charge in [0, 0.05) is 12.6 Å². The van der Waals surface area contributed by atoms with Crippen molar-refractivity contribution in [2.24, 2.45) is 17.8 Å². The highest BCUT2D eigenvalue weighted by molar-refractivity contribution is 5.30. The SMILES string of the molecule is CN1CC2C3C2C31. The standard InChI is InChI=1S/C6H9N/c1-7-2-3-4-5(3)6(4)7/h3-6H,2H2,1H3. The molecule has 38 valence electrons. The number of rotatable bonds is 0. The first-order chi connectivity index (χ1) is 3.39. The van der Waals surface area contributed by atoms with Gasteiger partial charge in [0.2, 0.25) is 0 Å². The zero-order valence-electron chi connectivity index (χ0n) is 4.46. The Morgan fingerprint density at radius 2 is 2.14 bits per heavy atom. The molecule has 0 aromatic heterocycles. The molecule has 1 nitrogen and oxygen atoms in total. The van der Waals surface area contributed by atoms with Crippen LogP contribution in [0.2, 0.25) is 0 Å². The number of piperidine rings is 1. The van der Waals surface area contributed by atoms with Crippen LogP contribution in [0.25, 0.3) is 0 Å². The number of hydrogen-bond acceptors (Lipinski definition) is 1. The minimum absolute atomic E-state index is 1.07. The van der Waals surface area contributed by atoms with Crippen molar-refractivity contribution in [2.45, 2.75) is 6.04 Å². The molecule has 2 aliphatic heterocycles. The summed E-state index contributed by atoms with van der Waals surface area (Å²) in [4.78, 5) is 2.51. The van der Waals surface area contributed by atoms with Crippen LogP contribution in [0, 0.1) is 17.8 Å². The second-order valence-electron chi connectivity index (χ2n) is 3.25. The fourth-order valence-electron chi connectivity index (χ4n) is 2.42. The molecule has 0 amide bonds. The number of nitrogens with zero attached hydrogens (tertiary/aromatic N) is 1. The van der Waals surface area contributed by atoms with Gasteiger partial charge in [-0.15, -0.1) is 0 Å². The molecule has 2 saturated heterocycles. The molecule has 0 radical (unpaired) electrons. The Labute approximate surface area is 43.3 Å². The summed E-state index contributed by atoms with van der Waals surface area (Å²) in [5.74, 6) is 3.57. The molecule has 0 N–H and O–H groups in total. The summed E-state index contributed by atoms with van der Waals surface area (Å²) in [5.41, 5.74) is 0. The highest BCUT2D eigenvalue weighted by atomic mass is 15.3. The average Bonchev–Trinajstić information content (AvgIpc) is 2.41. The fraction of sp³-hybridized carbons (Fsp3) is 1.00. The number of hydrogen-bond donors (Lipinski definition) is 0. The van der Waals surface area contributed by atoms with Crippen LogP contribution in [0.15, 0.2) is 0 Å². The lowest BCUT2D eigenvalue weighted by Crippen LogP contribution is -2.13. The Bertz CT molecular complexity index is 115. The largest absolute Gasteiger partial charge is 0.303 e. The van der Waals surface area contributed by atoms with Crippen molar-refractivity contribution in [3.05, 3.63) is 0 Å². The van der Waals surface area contributed by atoms with Gasteiger partial charge in [0.15, 0.2) is 0 Å². The van der Waals surface area contributed by atoms with Gasteiger partial charge in [-0.25, -0.2) is 0 Å². The lowest BCUT2D eigenvalue weighted by Gasteiger charge is -2.02. The van der Waals surface area contributed by atoms with Crippen molar-refractivity contribution in [3.8, 4) is 0 Å². The molecule has 4 fully saturated rings. The smallest absolute Gasteiger partial charge is 0.0162 e. The molecular weight excluding hydrogens is 86.1 g/mol. The predicted octanol–water partition coefficient (Wildman–Crippen LogP) is 0.176. The Morgan fingerprint density at radius 1 is 1.43 bits per heavy atom. The first-order valence-corrected chi connectivity index (χ1v) is 3.10. The maximum atomic E-state index is 2.51. The van der Waals surface area contributed by atoms with E-state index in [0.29, 0.717) is 0 Å². The average molecular weight is 95.1 g/mol. The van der Waals surface area contributed by atoms with Gasteiger partial charge in [-0.3, -0.25) is 0 Å². The maximum absolute atomic E-state index is 2.51. The zero-order chi connectivity index (χ0) is 4.59. The monoisotopic (exact) mass is 95.1 g/mol. The normalized spacial score (nSPS) is 73.3. The Hall–Kier alpha value is -0.0400. The third-order valence-electron chi connectivity index (χ3n) is 2.95. The van der Waals surface area contributed by atoms with Gasteiger partial charge in [-0.05, 0) is 24.8 Å². The quantitative estimate of drug-likeness (QED) is 0.415. The van der Waals surface area contributed by atoms with Crippen LogP contribution in [0.1, 0.15) is 0 Å². The van der Waals surface area contributed by atoms with Gasteiger partial charge >= 0.3 is 0 Å². The van der Waals surface area contributed by atoms with E-state index >= 15 is 0 Å². The van der Waals surface area contributed by atoms with E-state index in [-0.39, 0.29) is 0 Å². The molecule has 2 saturated carbocycles. The molecule has 0 spiro atoms. The van der Waals surface area contributed by atoms with Crippen LogP contribution >= 0.6 is 0 Å². The van der Waals surface area contributed by atoms with Crippen molar-refractivity contribution >= 4 is 0 Å². The summed E-state index contributed by atoms with van der Waals surface area (Å²) < 4.78 is 0. The van der Waals surface area contributed by atoms with Gasteiger partial charge in [0.05, 0.1) is 0 Å². The molecule has 2 atom stereocenters. The highest BCUT2D eigenvalue weighted by Gasteiger charge is 2.79. The third-order valence-corrected chi connectivity index (χ3v) is 2.95. The van der Waals surface area contributed by atoms with Crippen molar-refractivity contribution < 1.29 is 0 Å². The van der Waals surface area contributed by atoms with Crippen LogP contribution in [-0.2, 0) is 0 Å². The minimum atomic E-state index is 1.07. The van der Waals surface area contributed by atoms with E-state index in [1.165, 1.54) is 24.3 Å². The summed E-state index contributed by atoms with van der Waals surface area (Å²) in [6.07, 6.45) is 0. The first kappa shape index (κ1) is 3.08. The van der Waals surface area contributed by atoms with Crippen LogP contribution in [0.3, 0.4) is 0 Å². The lowest BCUT2D eigenvalue weighted by atomic mass is 10.2. The van der Waals surface area contributed by atoms with E-state index < -0.39 is 0 Å². The molecule has 4 aliphatic rings. The predicted molar refractivity (Wildman–Crippen MR) is 26.9 cm³/mol. The third kappa shape index (κ3) is 0.163. The van der Waals surface area contributed by atoms with Crippen LogP contribution in [-0.4, -0.2) is 24.5 Å². The summed E-state index contributed by atoms with van der Waals surface area (Å²) >= 11 is 0. The van der Waals surface area contributed by atoms with Crippen molar-refractivity contribution in [1.82, 2.24) is 4.90 Å². The summed E-state index contributed by atoms with van der Waals surface area (Å²) in [6.45, 7) is 1.42. The van der Waals surface area contributed by atoms with Crippen molar-refractivity contribution in [3.63, 3.8) is 0 Å². The fourth-order valence-corrected chi connectivity index (χ4v) is 2.42. The van der Waals surface area contributed by atoms with Crippen molar-refractivity contribution in [2.75, 3.05) is 13.6 Å². The van der Waals surface area contributed by atoms with Gasteiger partial charge < -0.3 is 4.90 Å². The van der Waals surface area contributed by atoms with E-state index in [9.17, 15) is 0 Å². The van der Waals surface area contributed by atoms with Crippen LogP contribution in [0.5, 0.6) is 0 Å². The molecule has 2 bridgehead atoms. The van der Waals surface area contributed by atoms with E-state index in [1.807, 2.05) is 0 Å². The zero-order valence-corrected chi connectivity index (χ0v) is 4.46. The molecular formula is C6H9N. The Morgan fingerprint density at radius 3 is 2.29 bits per heavy atom. The van der Waals surface area contributed by atoms with Crippen LogP contribution in [0.4, 0.5) is 0 Å². The highest BCUT2D eigenvalue weighted by Crippen LogP contribution is 2.74. The molecule has 0 aromatic rings. The van der Waals surface area contributed by atoms with E-state index in [0.717, 1.165) is 6.04 Å². The molecule has 1 heteroatoms. The second kappa shape index (κ2) is 0.576. The minimum Gasteiger partial charge on any atom is -0.303 e. The summed E-state index contributed by atoms with van der Waals surface area (Å²) in [5, 5.41) is 0. The Balaban J connectivity index is 2.06. The van der Waals surface area contributed by atoms with E-state index in [2.05, 4.69) is 11.9 Å². The molecule has 2 heterocycles. The van der Waals surface area contributed by atoms with Gasteiger partial charge in [-0.1, -0.05) is 0 Å². The molecule has 0 aromatic carbocycles. The van der Waals surface area contributed by atoms with E-state index in [1.54, 1.807) is 0 Å². The first-order valence-electron chi connectivity index (χ1n) is 3.10. The van der Waals surface area contributed by atoms with E-state index in [4.69, 9.17) is 0 Å². The topological polar surface area (TPSA) is 3.24 Å². The summed E-state index contributed by atoms with van der Waals surface area (Å²) in [7, 11) is 2.25. The Kier molecular flexibility index (Phi) is 0.253. The second-order valence-corrected chi connectivity index (χ2v) is 3.25. The van der Waals surface area contributed by atoms with Crippen LogP contribution < -0.4 is 0 Å². The van der Waals surface area contributed by atoms with Gasteiger partial charge in [0.1, 0.15) is 0 Å². The molecule has 2 unspecified atom stereocenters. The molecule has 4 rings (SSSR count). The van der Waals surface area contributed by atoms with Gasteiger partial charge in [0.25, 0.3) is 0 Å². The van der Waals surface area contributed by atoms with Crippen molar-refractivity contribution in [1.29, 1.82) is 0 Å². The molecule has 2 aliphatic carbocycles. The summed E-state index contributed by atoms with van der Waals surface area (Å²) in [6, 6.07) is 1.07. The lowest BCUT2D eigenvalue weighted by molar-refractivity contribution is 0.395. The number of fused-ring (bicyclic) bond motifs is 1.